The molecule has 1 rings (SSSR count). The van der Waals surface area contributed by atoms with Crippen molar-refractivity contribution in [1.82, 2.24) is 4.90 Å². The fourth-order valence-corrected chi connectivity index (χ4v) is 2.31. The van der Waals surface area contributed by atoms with Crippen LogP contribution in [0.3, 0.4) is 0 Å². The summed E-state index contributed by atoms with van der Waals surface area (Å²) in [6.07, 6.45) is 7.57. The van der Waals surface area contributed by atoms with Crippen LogP contribution in [-0.2, 0) is 4.79 Å². The van der Waals surface area contributed by atoms with Crippen molar-refractivity contribution in [3.05, 3.63) is 36.5 Å². The summed E-state index contributed by atoms with van der Waals surface area (Å²) < 4.78 is 0. The maximum absolute atomic E-state index is 10.6. The fourth-order valence-electron chi connectivity index (χ4n) is 2.31. The predicted molar refractivity (Wildman–Crippen MR) is 107 cm³/mol. The molecular formula is C18H35BN2O5. The Balaban J connectivity index is 0. The van der Waals surface area contributed by atoms with Crippen molar-refractivity contribution in [3.63, 3.8) is 0 Å². The SMILES string of the molecule is C=CC1=C(C=C)CN(CC[C@@H](N)C(=O)O)CC1.CCCCB(O)O.CO. The van der Waals surface area contributed by atoms with E-state index < -0.39 is 19.1 Å². The van der Waals surface area contributed by atoms with Crippen molar-refractivity contribution in [3.8, 4) is 0 Å². The number of aliphatic hydroxyl groups excluding tert-OH is 1. The van der Waals surface area contributed by atoms with Gasteiger partial charge in [-0.15, -0.1) is 0 Å². The van der Waals surface area contributed by atoms with Crippen LogP contribution in [0.2, 0.25) is 6.32 Å². The smallest absolute Gasteiger partial charge is 0.451 e. The highest BCUT2D eigenvalue weighted by molar-refractivity contribution is 6.40. The summed E-state index contributed by atoms with van der Waals surface area (Å²) in [7, 11) is -0.0973. The van der Waals surface area contributed by atoms with Gasteiger partial charge in [0.15, 0.2) is 0 Å². The number of aliphatic hydroxyl groups is 1. The Bertz CT molecular complexity index is 441. The van der Waals surface area contributed by atoms with Gasteiger partial charge in [0.1, 0.15) is 6.04 Å². The lowest BCUT2D eigenvalue weighted by Crippen LogP contribution is -2.38. The normalized spacial score (nSPS) is 15.0. The number of allylic oxidation sites excluding steroid dienone is 1. The lowest BCUT2D eigenvalue weighted by Gasteiger charge is -2.29. The Hall–Kier alpha value is -1.45. The first-order valence-electron chi connectivity index (χ1n) is 8.84. The molecule has 0 bridgehead atoms. The number of hydrogen-bond acceptors (Lipinski definition) is 6. The molecule has 1 aliphatic heterocycles. The van der Waals surface area contributed by atoms with E-state index >= 15 is 0 Å². The molecule has 26 heavy (non-hydrogen) atoms. The van der Waals surface area contributed by atoms with Gasteiger partial charge in [-0.05, 0) is 30.3 Å². The number of nitrogens with two attached hydrogens (primary N) is 1. The zero-order valence-electron chi connectivity index (χ0n) is 16.1. The molecule has 0 saturated carbocycles. The van der Waals surface area contributed by atoms with E-state index in [0.717, 1.165) is 39.5 Å². The molecule has 0 aromatic carbocycles. The summed E-state index contributed by atoms with van der Waals surface area (Å²) in [4.78, 5) is 12.8. The predicted octanol–water partition coefficient (Wildman–Crippen LogP) is 1.03. The van der Waals surface area contributed by atoms with E-state index in [2.05, 4.69) is 18.1 Å². The molecule has 0 aromatic heterocycles. The van der Waals surface area contributed by atoms with Gasteiger partial charge >= 0.3 is 13.1 Å². The lowest BCUT2D eigenvalue weighted by atomic mass is 9.84. The molecule has 0 amide bonds. The summed E-state index contributed by atoms with van der Waals surface area (Å²) in [5.74, 6) is -0.937. The molecule has 1 heterocycles. The number of rotatable bonds is 9. The molecule has 0 saturated heterocycles. The van der Waals surface area contributed by atoms with Crippen LogP contribution in [0.15, 0.2) is 36.5 Å². The van der Waals surface area contributed by atoms with E-state index in [0.29, 0.717) is 19.3 Å². The average molecular weight is 370 g/mol. The van der Waals surface area contributed by atoms with Crippen molar-refractivity contribution >= 4 is 13.1 Å². The molecule has 0 radical (unpaired) electrons. The van der Waals surface area contributed by atoms with Crippen LogP contribution in [0.1, 0.15) is 32.6 Å². The van der Waals surface area contributed by atoms with Crippen LogP contribution >= 0.6 is 0 Å². The van der Waals surface area contributed by atoms with Crippen molar-refractivity contribution in [1.29, 1.82) is 0 Å². The monoisotopic (exact) mass is 370 g/mol. The summed E-state index contributed by atoms with van der Waals surface area (Å²) in [5, 5.41) is 32.2. The second kappa shape index (κ2) is 17.0. The standard InChI is InChI=1S/C13H20N2O2.C4H11BO2.CH4O/c1-3-10-5-7-15(9-11(10)4-2)8-6-12(14)13(16)17;1-2-3-4-5(6)7;1-2/h3-4,12H,1-2,5-9,14H2,(H,16,17);6-7H,2-4H2,1H3;2H,1H3/t12-;;/m1../s1. The van der Waals surface area contributed by atoms with Gasteiger partial charge < -0.3 is 26.0 Å². The van der Waals surface area contributed by atoms with Gasteiger partial charge in [0.05, 0.1) is 0 Å². The Labute approximate surface area is 157 Å². The first-order chi connectivity index (χ1) is 12.3. The van der Waals surface area contributed by atoms with E-state index in [1.807, 2.05) is 19.1 Å². The highest BCUT2D eigenvalue weighted by Crippen LogP contribution is 2.19. The average Bonchev–Trinajstić information content (AvgIpc) is 2.65. The highest BCUT2D eigenvalue weighted by atomic mass is 16.4. The van der Waals surface area contributed by atoms with Gasteiger partial charge in [-0.25, -0.2) is 0 Å². The maximum atomic E-state index is 10.6. The number of carboxylic acids is 1. The Morgan fingerprint density at radius 3 is 2.27 bits per heavy atom. The Kier molecular flexibility index (Phi) is 17.5. The molecule has 6 N–H and O–H groups in total. The second-order valence-electron chi connectivity index (χ2n) is 5.84. The molecule has 8 heteroatoms. The number of unbranched alkanes of at least 4 members (excludes halogenated alkanes) is 1. The minimum absolute atomic E-state index is 0.475. The van der Waals surface area contributed by atoms with E-state index in [-0.39, 0.29) is 0 Å². The fraction of sp³-hybridized carbons (Fsp3) is 0.611. The van der Waals surface area contributed by atoms with Crippen molar-refractivity contribution < 1.29 is 25.1 Å². The quantitative estimate of drug-likeness (QED) is 0.384. The number of aliphatic carboxylic acids is 1. The molecule has 0 aromatic rings. The van der Waals surface area contributed by atoms with Gasteiger partial charge in [-0.2, -0.15) is 0 Å². The molecule has 0 aliphatic carbocycles. The topological polar surface area (TPSA) is 127 Å². The van der Waals surface area contributed by atoms with Crippen molar-refractivity contribution in [2.45, 2.75) is 45.0 Å². The van der Waals surface area contributed by atoms with Gasteiger partial charge in [0.2, 0.25) is 0 Å². The molecule has 7 nitrogen and oxygen atoms in total. The van der Waals surface area contributed by atoms with E-state index in [4.69, 9.17) is 26.0 Å². The Morgan fingerprint density at radius 2 is 1.88 bits per heavy atom. The summed E-state index contributed by atoms with van der Waals surface area (Å²) >= 11 is 0. The summed E-state index contributed by atoms with van der Waals surface area (Å²) in [6, 6.07) is -0.771. The van der Waals surface area contributed by atoms with Gasteiger partial charge in [-0.1, -0.05) is 45.1 Å². The zero-order chi connectivity index (χ0) is 20.5. The maximum Gasteiger partial charge on any atom is 0.451 e. The third-order valence-electron chi connectivity index (χ3n) is 3.89. The van der Waals surface area contributed by atoms with Crippen LogP contribution < -0.4 is 5.73 Å². The summed E-state index contributed by atoms with van der Waals surface area (Å²) in [6.45, 7) is 12.0. The first kappa shape index (κ1) is 26.8. The third kappa shape index (κ3) is 12.9. The zero-order valence-corrected chi connectivity index (χ0v) is 16.1. The lowest BCUT2D eigenvalue weighted by molar-refractivity contribution is -0.138. The summed E-state index contributed by atoms with van der Waals surface area (Å²) in [5.41, 5.74) is 7.89. The minimum Gasteiger partial charge on any atom is -0.480 e. The van der Waals surface area contributed by atoms with Gasteiger partial charge in [-0.3, -0.25) is 9.69 Å². The number of hydrogen-bond donors (Lipinski definition) is 5. The molecule has 0 fully saturated rings. The molecule has 1 atom stereocenters. The van der Waals surface area contributed by atoms with E-state index in [9.17, 15) is 4.79 Å². The molecule has 0 spiro atoms. The Morgan fingerprint density at radius 1 is 1.31 bits per heavy atom. The van der Waals surface area contributed by atoms with Crippen molar-refractivity contribution in [2.24, 2.45) is 5.73 Å². The van der Waals surface area contributed by atoms with Crippen LogP contribution in [0.5, 0.6) is 0 Å². The van der Waals surface area contributed by atoms with Crippen molar-refractivity contribution in [2.75, 3.05) is 26.7 Å². The first-order valence-corrected chi connectivity index (χ1v) is 8.84. The number of carboxylic acid groups (broad SMARTS) is 1. The van der Waals surface area contributed by atoms with Crippen LogP contribution in [-0.4, -0.2) is 71.0 Å². The molecule has 1 aliphatic rings. The van der Waals surface area contributed by atoms with Crippen LogP contribution in [0, 0.1) is 0 Å². The third-order valence-corrected chi connectivity index (χ3v) is 3.89. The van der Waals surface area contributed by atoms with Crippen LogP contribution in [0.4, 0.5) is 0 Å². The number of nitrogens with zero attached hydrogens (tertiary/aromatic N) is 1. The van der Waals surface area contributed by atoms with Gasteiger partial charge in [0, 0.05) is 26.7 Å². The molecule has 0 unspecified atom stereocenters. The van der Waals surface area contributed by atoms with Crippen LogP contribution in [0.25, 0.3) is 0 Å². The van der Waals surface area contributed by atoms with E-state index in [1.165, 1.54) is 11.1 Å². The largest absolute Gasteiger partial charge is 0.480 e. The minimum atomic E-state index is -1.10. The highest BCUT2D eigenvalue weighted by Gasteiger charge is 2.18. The van der Waals surface area contributed by atoms with E-state index in [1.54, 1.807) is 0 Å². The molecular weight excluding hydrogens is 335 g/mol. The number of carbonyl (C=O) groups is 1. The second-order valence-corrected chi connectivity index (χ2v) is 5.84. The van der Waals surface area contributed by atoms with Gasteiger partial charge in [0.25, 0.3) is 0 Å². The molecule has 150 valence electrons.